The van der Waals surface area contributed by atoms with Crippen molar-refractivity contribution in [2.24, 2.45) is 5.92 Å². The van der Waals surface area contributed by atoms with Crippen LogP contribution in [0.3, 0.4) is 0 Å². The van der Waals surface area contributed by atoms with Crippen LogP contribution >= 0.6 is 0 Å². The number of nitriles is 1. The van der Waals surface area contributed by atoms with E-state index in [2.05, 4.69) is 17.5 Å². The van der Waals surface area contributed by atoms with Gasteiger partial charge in [-0.1, -0.05) is 48.5 Å². The Balaban J connectivity index is 1.50. The molecule has 0 spiro atoms. The maximum Gasteiger partial charge on any atom is 0.227 e. The van der Waals surface area contributed by atoms with Crippen molar-refractivity contribution in [2.45, 2.75) is 24.9 Å². The summed E-state index contributed by atoms with van der Waals surface area (Å²) in [5, 5.41) is 22.6. The number of fused-ring (bicyclic) bond motifs is 3. The average Bonchev–Trinajstić information content (AvgIpc) is 3.30. The lowest BCUT2D eigenvalue weighted by Crippen LogP contribution is -2.43. The number of amides is 1. The molecule has 3 aromatic rings. The summed E-state index contributed by atoms with van der Waals surface area (Å²) in [5.41, 5.74) is 5.81. The Bertz CT molecular complexity index is 1170. The molecule has 1 fully saturated rings. The van der Waals surface area contributed by atoms with Gasteiger partial charge in [0, 0.05) is 18.2 Å². The summed E-state index contributed by atoms with van der Waals surface area (Å²) < 4.78 is 0. The van der Waals surface area contributed by atoms with E-state index in [1.165, 1.54) is 0 Å². The fraction of sp³-hybridized carbons (Fsp3) is 0.259. The Kier molecular flexibility index (Phi) is 5.38. The average molecular weight is 424 g/mol. The molecule has 160 valence electrons. The van der Waals surface area contributed by atoms with Gasteiger partial charge in [-0.3, -0.25) is 4.79 Å². The summed E-state index contributed by atoms with van der Waals surface area (Å²) in [5.74, 6) is 0.292. The van der Waals surface area contributed by atoms with E-state index in [1.807, 2.05) is 71.6 Å². The smallest absolute Gasteiger partial charge is 0.227 e. The monoisotopic (exact) mass is 423 g/mol. The van der Waals surface area contributed by atoms with Gasteiger partial charge in [0.25, 0.3) is 0 Å². The van der Waals surface area contributed by atoms with Crippen molar-refractivity contribution >= 4 is 11.6 Å². The van der Waals surface area contributed by atoms with Gasteiger partial charge in [0.15, 0.2) is 0 Å². The molecule has 0 unspecified atom stereocenters. The van der Waals surface area contributed by atoms with Crippen LogP contribution in [0, 0.1) is 17.2 Å². The first-order chi connectivity index (χ1) is 15.7. The molecule has 0 radical (unpaired) electrons. The second kappa shape index (κ2) is 8.49. The molecule has 0 bridgehead atoms. The summed E-state index contributed by atoms with van der Waals surface area (Å²) in [6.07, 6.45) is 1.25. The van der Waals surface area contributed by atoms with E-state index in [4.69, 9.17) is 5.26 Å². The minimum atomic E-state index is -0.0669. The van der Waals surface area contributed by atoms with Crippen LogP contribution in [0.15, 0.2) is 72.8 Å². The van der Waals surface area contributed by atoms with Gasteiger partial charge in [0.1, 0.15) is 0 Å². The fourth-order valence-electron chi connectivity index (χ4n) is 5.13. The Hall–Kier alpha value is -3.62. The zero-order valence-corrected chi connectivity index (χ0v) is 17.7. The van der Waals surface area contributed by atoms with E-state index in [0.29, 0.717) is 18.5 Å². The number of rotatable bonds is 4. The number of likely N-dealkylation sites (tertiary alicyclic amines) is 1. The van der Waals surface area contributed by atoms with E-state index in [9.17, 15) is 9.90 Å². The standard InChI is InChI=1S/C27H25N3O2/c28-16-19-6-8-20(9-7-19)21-10-11-24-23(15-21)27-22(25(17-31)29-24)12-13-30(27)26(32)14-18-4-2-1-3-5-18/h1-11,15,22,25,27,29,31H,12-14,17H2/t22-,25+,27-/m1/s1. The van der Waals surface area contributed by atoms with E-state index in [1.54, 1.807) is 0 Å². The van der Waals surface area contributed by atoms with Crippen LogP contribution in [0.25, 0.3) is 11.1 Å². The second-order valence-electron chi connectivity index (χ2n) is 8.57. The van der Waals surface area contributed by atoms with Gasteiger partial charge in [0.05, 0.1) is 36.7 Å². The normalized spacial score (nSPS) is 21.2. The molecular formula is C27H25N3O2. The van der Waals surface area contributed by atoms with E-state index in [0.717, 1.165) is 34.4 Å². The van der Waals surface area contributed by atoms with Gasteiger partial charge in [0.2, 0.25) is 5.91 Å². The molecule has 5 nitrogen and oxygen atoms in total. The van der Waals surface area contributed by atoms with Crippen LogP contribution in [0.2, 0.25) is 0 Å². The highest BCUT2D eigenvalue weighted by atomic mass is 16.3. The van der Waals surface area contributed by atoms with Crippen LogP contribution in [0.5, 0.6) is 0 Å². The zero-order chi connectivity index (χ0) is 22.1. The lowest BCUT2D eigenvalue weighted by molar-refractivity contribution is -0.131. The molecule has 1 amide bonds. The van der Waals surface area contributed by atoms with Crippen molar-refractivity contribution in [3.63, 3.8) is 0 Å². The van der Waals surface area contributed by atoms with Crippen molar-refractivity contribution in [1.29, 1.82) is 5.26 Å². The number of nitrogens with one attached hydrogen (secondary N) is 1. The quantitative estimate of drug-likeness (QED) is 0.661. The summed E-state index contributed by atoms with van der Waals surface area (Å²) in [7, 11) is 0. The predicted octanol–water partition coefficient (Wildman–Crippen LogP) is 4.14. The summed E-state index contributed by atoms with van der Waals surface area (Å²) >= 11 is 0. The van der Waals surface area contributed by atoms with Crippen LogP contribution in [0.4, 0.5) is 5.69 Å². The molecule has 2 aliphatic rings. The topological polar surface area (TPSA) is 76.4 Å². The Morgan fingerprint density at radius 3 is 2.53 bits per heavy atom. The fourth-order valence-corrected chi connectivity index (χ4v) is 5.13. The second-order valence-corrected chi connectivity index (χ2v) is 8.57. The van der Waals surface area contributed by atoms with Gasteiger partial charge in [-0.25, -0.2) is 0 Å². The molecular weight excluding hydrogens is 398 g/mol. The lowest BCUT2D eigenvalue weighted by Gasteiger charge is -2.39. The molecule has 1 saturated heterocycles. The Labute approximate surface area is 187 Å². The number of hydrogen-bond donors (Lipinski definition) is 2. The van der Waals surface area contributed by atoms with Crippen molar-refractivity contribution in [1.82, 2.24) is 4.90 Å². The van der Waals surface area contributed by atoms with Crippen molar-refractivity contribution in [3.8, 4) is 17.2 Å². The van der Waals surface area contributed by atoms with Gasteiger partial charge in [-0.2, -0.15) is 5.26 Å². The lowest BCUT2D eigenvalue weighted by atomic mass is 9.82. The largest absolute Gasteiger partial charge is 0.394 e. The molecule has 0 aromatic heterocycles. The first-order valence-corrected chi connectivity index (χ1v) is 11.0. The molecule has 2 N–H and O–H groups in total. The van der Waals surface area contributed by atoms with Gasteiger partial charge < -0.3 is 15.3 Å². The highest BCUT2D eigenvalue weighted by molar-refractivity contribution is 5.81. The first kappa shape index (κ1) is 20.3. The summed E-state index contributed by atoms with van der Waals surface area (Å²) in [6.45, 7) is 0.735. The molecule has 3 aromatic carbocycles. The molecule has 0 saturated carbocycles. The molecule has 2 heterocycles. The van der Waals surface area contributed by atoms with E-state index >= 15 is 0 Å². The van der Waals surface area contributed by atoms with Crippen LogP contribution < -0.4 is 5.32 Å². The van der Waals surface area contributed by atoms with Crippen molar-refractivity contribution < 1.29 is 9.90 Å². The van der Waals surface area contributed by atoms with Crippen LogP contribution in [-0.4, -0.2) is 35.1 Å². The number of nitrogens with zero attached hydrogens (tertiary/aromatic N) is 2. The minimum Gasteiger partial charge on any atom is -0.394 e. The maximum atomic E-state index is 13.3. The first-order valence-electron chi connectivity index (χ1n) is 11.0. The van der Waals surface area contributed by atoms with Crippen LogP contribution in [-0.2, 0) is 11.2 Å². The van der Waals surface area contributed by atoms with Crippen molar-refractivity contribution in [2.75, 3.05) is 18.5 Å². The third-order valence-corrected chi connectivity index (χ3v) is 6.74. The SMILES string of the molecule is N#Cc1ccc(-c2ccc3c(c2)[C@H]2[C@H](CCN2C(=O)Cc2ccccc2)[C@H](CO)N3)cc1. The molecule has 5 heteroatoms. The van der Waals surface area contributed by atoms with Gasteiger partial charge >= 0.3 is 0 Å². The molecule has 3 atom stereocenters. The minimum absolute atomic E-state index is 0.0404. The zero-order valence-electron chi connectivity index (χ0n) is 17.7. The predicted molar refractivity (Wildman–Crippen MR) is 124 cm³/mol. The summed E-state index contributed by atoms with van der Waals surface area (Å²) in [6, 6.07) is 25.7. The Morgan fingerprint density at radius 2 is 1.81 bits per heavy atom. The Morgan fingerprint density at radius 1 is 1.06 bits per heavy atom. The number of anilines is 1. The highest BCUT2D eigenvalue weighted by Crippen LogP contribution is 2.47. The molecule has 2 aliphatic heterocycles. The number of aliphatic hydroxyl groups is 1. The van der Waals surface area contributed by atoms with E-state index in [-0.39, 0.29) is 30.5 Å². The van der Waals surface area contributed by atoms with Gasteiger partial charge in [-0.05, 0) is 52.9 Å². The number of benzene rings is 3. The third kappa shape index (κ3) is 3.63. The number of aliphatic hydroxyl groups excluding tert-OH is 1. The summed E-state index contributed by atoms with van der Waals surface area (Å²) in [4.78, 5) is 15.3. The molecule has 5 rings (SSSR count). The van der Waals surface area contributed by atoms with Gasteiger partial charge in [-0.15, -0.1) is 0 Å². The third-order valence-electron chi connectivity index (χ3n) is 6.74. The van der Waals surface area contributed by atoms with Crippen molar-refractivity contribution in [3.05, 3.63) is 89.5 Å². The number of hydrogen-bond acceptors (Lipinski definition) is 4. The molecule has 0 aliphatic carbocycles. The highest BCUT2D eigenvalue weighted by Gasteiger charge is 2.45. The maximum absolute atomic E-state index is 13.3. The molecule has 32 heavy (non-hydrogen) atoms. The number of carbonyl (C=O) groups excluding carboxylic acids is 1. The van der Waals surface area contributed by atoms with Crippen LogP contribution in [0.1, 0.15) is 29.2 Å². The number of carbonyl (C=O) groups is 1. The van der Waals surface area contributed by atoms with E-state index < -0.39 is 0 Å².